The van der Waals surface area contributed by atoms with Crippen molar-refractivity contribution in [1.29, 1.82) is 0 Å². The van der Waals surface area contributed by atoms with Gasteiger partial charge in [0.15, 0.2) is 0 Å². The lowest BCUT2D eigenvalue weighted by molar-refractivity contribution is -0.137. The number of benzene rings is 2. The van der Waals surface area contributed by atoms with Crippen molar-refractivity contribution in [2.24, 2.45) is 0 Å². The minimum Gasteiger partial charge on any atom is -0.297 e. The summed E-state index contributed by atoms with van der Waals surface area (Å²) >= 11 is 0. The first kappa shape index (κ1) is 22.4. The third kappa shape index (κ3) is 5.35. The second kappa shape index (κ2) is 9.01. The van der Waals surface area contributed by atoms with Crippen LogP contribution in [0, 0.1) is 0 Å². The van der Waals surface area contributed by atoms with Gasteiger partial charge < -0.3 is 0 Å². The van der Waals surface area contributed by atoms with Crippen LogP contribution in [0.15, 0.2) is 77.8 Å². The standard InChI is InChI=1S/C23H22F3N3O2S/c24-23(25,26)19-4-3-5-21(14-19)32(30,31)28-20-11-13-29(16-20)15-17-7-9-18(10-8-17)22-6-1-2-12-27-22/h1-10,12,14,20,28H,11,13,15-16H2/t20-/m1/s1. The van der Waals surface area contributed by atoms with Gasteiger partial charge in [0.05, 0.1) is 16.2 Å². The molecule has 1 atom stereocenters. The Bertz CT molecular complexity index is 1170. The molecule has 3 aromatic rings. The largest absolute Gasteiger partial charge is 0.416 e. The van der Waals surface area contributed by atoms with Crippen LogP contribution < -0.4 is 4.72 Å². The van der Waals surface area contributed by atoms with Crippen molar-refractivity contribution >= 4 is 10.0 Å². The first-order valence-corrected chi connectivity index (χ1v) is 11.6. The molecule has 32 heavy (non-hydrogen) atoms. The summed E-state index contributed by atoms with van der Waals surface area (Å²) < 4.78 is 66.5. The Morgan fingerprint density at radius 3 is 2.50 bits per heavy atom. The number of sulfonamides is 1. The van der Waals surface area contributed by atoms with E-state index in [9.17, 15) is 21.6 Å². The molecular weight excluding hydrogens is 439 g/mol. The van der Waals surface area contributed by atoms with E-state index in [-0.39, 0.29) is 10.9 Å². The summed E-state index contributed by atoms with van der Waals surface area (Å²) in [7, 11) is -4.04. The van der Waals surface area contributed by atoms with Gasteiger partial charge in [-0.25, -0.2) is 13.1 Å². The first-order chi connectivity index (χ1) is 15.2. The fourth-order valence-corrected chi connectivity index (χ4v) is 5.08. The van der Waals surface area contributed by atoms with E-state index in [1.165, 1.54) is 6.07 Å². The molecule has 0 aliphatic carbocycles. The maximum absolute atomic E-state index is 12.9. The molecule has 5 nitrogen and oxygen atoms in total. The van der Waals surface area contributed by atoms with Gasteiger partial charge in [-0.05, 0) is 42.3 Å². The van der Waals surface area contributed by atoms with Crippen molar-refractivity contribution in [3.63, 3.8) is 0 Å². The van der Waals surface area contributed by atoms with Gasteiger partial charge in [-0.1, -0.05) is 36.4 Å². The average Bonchev–Trinajstić information content (AvgIpc) is 3.20. The summed E-state index contributed by atoms with van der Waals surface area (Å²) in [6.45, 7) is 1.84. The van der Waals surface area contributed by atoms with Crippen molar-refractivity contribution in [2.45, 2.75) is 30.1 Å². The van der Waals surface area contributed by atoms with Crippen LogP contribution in [0.25, 0.3) is 11.3 Å². The lowest BCUT2D eigenvalue weighted by Gasteiger charge is -2.17. The fourth-order valence-electron chi connectivity index (χ4n) is 3.77. The molecule has 2 aromatic carbocycles. The highest BCUT2D eigenvalue weighted by Gasteiger charge is 2.33. The lowest BCUT2D eigenvalue weighted by Crippen LogP contribution is -2.37. The molecule has 1 saturated heterocycles. The predicted molar refractivity (Wildman–Crippen MR) is 115 cm³/mol. The van der Waals surface area contributed by atoms with Crippen molar-refractivity contribution in [3.8, 4) is 11.3 Å². The van der Waals surface area contributed by atoms with Crippen LogP contribution in [-0.4, -0.2) is 37.4 Å². The van der Waals surface area contributed by atoms with E-state index in [0.717, 1.165) is 29.0 Å². The number of pyridine rings is 1. The first-order valence-electron chi connectivity index (χ1n) is 10.1. The second-order valence-electron chi connectivity index (χ2n) is 7.78. The molecule has 1 N–H and O–H groups in total. The molecule has 0 bridgehead atoms. The molecule has 4 rings (SSSR count). The predicted octanol–water partition coefficient (Wildman–Crippen LogP) is 4.32. The molecule has 1 fully saturated rings. The Balaban J connectivity index is 1.37. The third-order valence-electron chi connectivity index (χ3n) is 5.39. The Morgan fingerprint density at radius 2 is 1.81 bits per heavy atom. The summed E-state index contributed by atoms with van der Waals surface area (Å²) in [6.07, 6.45) is -2.26. The lowest BCUT2D eigenvalue weighted by atomic mass is 10.1. The molecule has 0 spiro atoms. The summed E-state index contributed by atoms with van der Waals surface area (Å²) in [5.74, 6) is 0. The summed E-state index contributed by atoms with van der Waals surface area (Å²) in [5.41, 5.74) is 2.01. The van der Waals surface area contributed by atoms with E-state index in [1.807, 2.05) is 42.5 Å². The van der Waals surface area contributed by atoms with Gasteiger partial charge in [-0.3, -0.25) is 9.88 Å². The highest BCUT2D eigenvalue weighted by Crippen LogP contribution is 2.30. The number of hydrogen-bond donors (Lipinski definition) is 1. The van der Waals surface area contributed by atoms with Crippen LogP contribution in [0.4, 0.5) is 13.2 Å². The second-order valence-corrected chi connectivity index (χ2v) is 9.49. The van der Waals surface area contributed by atoms with Crippen molar-refractivity contribution < 1.29 is 21.6 Å². The van der Waals surface area contributed by atoms with Gasteiger partial charge in [0.25, 0.3) is 0 Å². The molecule has 0 amide bonds. The van der Waals surface area contributed by atoms with Crippen LogP contribution in [0.3, 0.4) is 0 Å². The number of nitrogens with zero attached hydrogens (tertiary/aromatic N) is 2. The molecule has 1 aliphatic rings. The normalized spacial score (nSPS) is 17.5. The zero-order chi connectivity index (χ0) is 22.8. The number of halogens is 3. The maximum atomic E-state index is 12.9. The number of likely N-dealkylation sites (tertiary alicyclic amines) is 1. The number of alkyl halides is 3. The Labute approximate surface area is 185 Å². The van der Waals surface area contributed by atoms with Crippen LogP contribution in [0.1, 0.15) is 17.5 Å². The van der Waals surface area contributed by atoms with Gasteiger partial charge in [0.1, 0.15) is 0 Å². The SMILES string of the molecule is O=S(=O)(N[C@@H]1CCN(Cc2ccc(-c3ccccn3)cc2)C1)c1cccc(C(F)(F)F)c1. The van der Waals surface area contributed by atoms with Gasteiger partial charge >= 0.3 is 6.18 Å². The van der Waals surface area contributed by atoms with Crippen molar-refractivity contribution in [3.05, 3.63) is 84.1 Å². The molecule has 2 heterocycles. The zero-order valence-electron chi connectivity index (χ0n) is 17.1. The van der Waals surface area contributed by atoms with Crippen LogP contribution in [0.2, 0.25) is 0 Å². The highest BCUT2D eigenvalue weighted by atomic mass is 32.2. The molecule has 9 heteroatoms. The van der Waals surface area contributed by atoms with E-state index < -0.39 is 21.8 Å². The van der Waals surface area contributed by atoms with Crippen LogP contribution in [0.5, 0.6) is 0 Å². The average molecular weight is 462 g/mol. The monoisotopic (exact) mass is 461 g/mol. The van der Waals surface area contributed by atoms with E-state index in [2.05, 4.69) is 14.6 Å². The molecule has 0 saturated carbocycles. The summed E-state index contributed by atoms with van der Waals surface area (Å²) in [4.78, 5) is 6.07. The number of rotatable bonds is 6. The molecule has 0 unspecified atom stereocenters. The zero-order valence-corrected chi connectivity index (χ0v) is 17.9. The summed E-state index contributed by atoms with van der Waals surface area (Å²) in [6, 6.07) is 17.2. The molecular formula is C23H22F3N3O2S. The van der Waals surface area contributed by atoms with Gasteiger partial charge in [0, 0.05) is 37.4 Å². The van der Waals surface area contributed by atoms with E-state index >= 15 is 0 Å². The molecule has 168 valence electrons. The minimum atomic E-state index is -4.60. The Kier molecular flexibility index (Phi) is 6.32. The van der Waals surface area contributed by atoms with Gasteiger partial charge in [-0.15, -0.1) is 0 Å². The van der Waals surface area contributed by atoms with Crippen LogP contribution in [-0.2, 0) is 22.7 Å². The topological polar surface area (TPSA) is 62.3 Å². The number of aromatic nitrogens is 1. The van der Waals surface area contributed by atoms with E-state index in [4.69, 9.17) is 0 Å². The molecule has 1 aliphatic heterocycles. The fraction of sp³-hybridized carbons (Fsp3) is 0.261. The number of hydrogen-bond acceptors (Lipinski definition) is 4. The van der Waals surface area contributed by atoms with E-state index in [0.29, 0.717) is 32.1 Å². The smallest absolute Gasteiger partial charge is 0.297 e. The highest BCUT2D eigenvalue weighted by molar-refractivity contribution is 7.89. The number of nitrogens with one attached hydrogen (secondary N) is 1. The Morgan fingerprint density at radius 1 is 1.03 bits per heavy atom. The van der Waals surface area contributed by atoms with Crippen LogP contribution >= 0.6 is 0 Å². The summed E-state index contributed by atoms with van der Waals surface area (Å²) in [5, 5.41) is 0. The maximum Gasteiger partial charge on any atom is 0.416 e. The third-order valence-corrected chi connectivity index (χ3v) is 6.90. The Hall–Kier alpha value is -2.75. The molecule has 0 radical (unpaired) electrons. The molecule has 1 aromatic heterocycles. The van der Waals surface area contributed by atoms with Gasteiger partial charge in [-0.2, -0.15) is 13.2 Å². The van der Waals surface area contributed by atoms with E-state index in [1.54, 1.807) is 6.20 Å². The van der Waals surface area contributed by atoms with Crippen molar-refractivity contribution in [2.75, 3.05) is 13.1 Å². The minimum absolute atomic E-state index is 0.359. The van der Waals surface area contributed by atoms with Gasteiger partial charge in [0.2, 0.25) is 10.0 Å². The van der Waals surface area contributed by atoms with Crippen molar-refractivity contribution in [1.82, 2.24) is 14.6 Å². The quantitative estimate of drug-likeness (QED) is 0.594.